The molecule has 17 heavy (non-hydrogen) atoms. The van der Waals surface area contributed by atoms with Crippen LogP contribution in [0.5, 0.6) is 0 Å². The zero-order chi connectivity index (χ0) is 12.6. The molecule has 0 aliphatic heterocycles. The molecule has 0 saturated carbocycles. The van der Waals surface area contributed by atoms with Crippen LogP contribution < -0.4 is 9.44 Å². The number of nitrogens with one attached hydrogen (secondary N) is 3. The van der Waals surface area contributed by atoms with E-state index < -0.39 is 10.2 Å². The number of ether oxygens (including phenoxy) is 1. The van der Waals surface area contributed by atoms with E-state index in [1.807, 2.05) is 0 Å². The lowest BCUT2D eigenvalue weighted by atomic mass is 10.3. The van der Waals surface area contributed by atoms with Crippen molar-refractivity contribution in [3.05, 3.63) is 18.2 Å². The van der Waals surface area contributed by atoms with Gasteiger partial charge in [0.2, 0.25) is 0 Å². The van der Waals surface area contributed by atoms with Crippen LogP contribution in [0.15, 0.2) is 12.4 Å². The lowest BCUT2D eigenvalue weighted by Crippen LogP contribution is -2.38. The van der Waals surface area contributed by atoms with Gasteiger partial charge in [0.1, 0.15) is 5.82 Å². The topological polar surface area (TPSA) is 96.1 Å². The first kappa shape index (κ1) is 14.1. The molecule has 0 bridgehead atoms. The third-order valence-electron chi connectivity index (χ3n) is 2.04. The molecule has 0 fully saturated rings. The molecule has 7 nitrogen and oxygen atoms in total. The van der Waals surface area contributed by atoms with Gasteiger partial charge in [0.15, 0.2) is 0 Å². The molecule has 0 radical (unpaired) electrons. The number of imidazole rings is 1. The number of H-pyrrole nitrogens is 1. The third kappa shape index (κ3) is 6.37. The molecule has 0 saturated heterocycles. The zero-order valence-corrected chi connectivity index (χ0v) is 10.6. The van der Waals surface area contributed by atoms with Crippen molar-refractivity contribution >= 4 is 10.2 Å². The number of methoxy groups -OCH3 is 1. The van der Waals surface area contributed by atoms with Crippen LogP contribution in [0.1, 0.15) is 12.2 Å². The first-order chi connectivity index (χ1) is 8.14. The average molecular weight is 262 g/mol. The molecule has 1 aromatic heterocycles. The zero-order valence-electron chi connectivity index (χ0n) is 9.77. The summed E-state index contributed by atoms with van der Waals surface area (Å²) in [4.78, 5) is 7.00. The Morgan fingerprint density at radius 3 is 2.82 bits per heavy atom. The highest BCUT2D eigenvalue weighted by Gasteiger charge is 2.07. The van der Waals surface area contributed by atoms with Gasteiger partial charge in [-0.25, -0.2) is 9.71 Å². The largest absolute Gasteiger partial charge is 0.383 e. The van der Waals surface area contributed by atoms with Gasteiger partial charge in [-0.2, -0.15) is 13.1 Å². The number of rotatable bonds is 9. The molecule has 0 atom stereocenters. The van der Waals surface area contributed by atoms with Gasteiger partial charge in [-0.15, -0.1) is 0 Å². The summed E-state index contributed by atoms with van der Waals surface area (Å²) < 4.78 is 32.3. The Kier molecular flexibility index (Phi) is 6.12. The summed E-state index contributed by atoms with van der Waals surface area (Å²) in [6.07, 6.45) is 4.82. The Hall–Kier alpha value is -0.960. The number of aromatic nitrogens is 2. The van der Waals surface area contributed by atoms with E-state index in [1.54, 1.807) is 12.4 Å². The van der Waals surface area contributed by atoms with Crippen molar-refractivity contribution in [2.75, 3.05) is 26.8 Å². The van der Waals surface area contributed by atoms with E-state index in [9.17, 15) is 8.42 Å². The van der Waals surface area contributed by atoms with Crippen LogP contribution in [0, 0.1) is 0 Å². The maximum absolute atomic E-state index is 11.4. The standard InChI is InChI=1S/C9H18N4O3S/c1-16-8-7-13-17(14,15)12-4-2-3-9-10-5-6-11-9/h5-6,12-13H,2-4,7-8H2,1H3,(H,10,11). The fourth-order valence-electron chi connectivity index (χ4n) is 1.23. The van der Waals surface area contributed by atoms with Crippen LogP contribution in [-0.4, -0.2) is 45.2 Å². The van der Waals surface area contributed by atoms with Gasteiger partial charge in [0.05, 0.1) is 6.61 Å². The van der Waals surface area contributed by atoms with E-state index >= 15 is 0 Å². The Morgan fingerprint density at radius 2 is 2.18 bits per heavy atom. The predicted molar refractivity (Wildman–Crippen MR) is 63.7 cm³/mol. The Labute approximate surface area is 101 Å². The smallest absolute Gasteiger partial charge is 0.276 e. The van der Waals surface area contributed by atoms with E-state index in [0.29, 0.717) is 26.0 Å². The van der Waals surface area contributed by atoms with E-state index in [1.165, 1.54) is 7.11 Å². The summed E-state index contributed by atoms with van der Waals surface area (Å²) in [7, 11) is -1.89. The first-order valence-electron chi connectivity index (χ1n) is 5.35. The molecular formula is C9H18N4O3S. The molecular weight excluding hydrogens is 244 g/mol. The van der Waals surface area contributed by atoms with Gasteiger partial charge in [-0.3, -0.25) is 0 Å². The molecule has 0 unspecified atom stereocenters. The highest BCUT2D eigenvalue weighted by molar-refractivity contribution is 7.87. The summed E-state index contributed by atoms with van der Waals surface area (Å²) >= 11 is 0. The molecule has 3 N–H and O–H groups in total. The molecule has 0 amide bonds. The number of nitrogens with zero attached hydrogens (tertiary/aromatic N) is 1. The predicted octanol–water partition coefficient (Wildman–Crippen LogP) is -0.587. The van der Waals surface area contributed by atoms with Crippen molar-refractivity contribution < 1.29 is 13.2 Å². The maximum Gasteiger partial charge on any atom is 0.276 e. The van der Waals surface area contributed by atoms with Gasteiger partial charge in [0.25, 0.3) is 10.2 Å². The minimum absolute atomic E-state index is 0.268. The summed E-state index contributed by atoms with van der Waals surface area (Å²) in [5, 5.41) is 0. The fourth-order valence-corrected chi connectivity index (χ4v) is 2.09. The second-order valence-corrected chi connectivity index (χ2v) is 5.01. The second-order valence-electron chi connectivity index (χ2n) is 3.42. The van der Waals surface area contributed by atoms with Gasteiger partial charge < -0.3 is 9.72 Å². The minimum Gasteiger partial charge on any atom is -0.383 e. The van der Waals surface area contributed by atoms with Gasteiger partial charge in [-0.1, -0.05) is 0 Å². The molecule has 0 aliphatic rings. The Bertz CT molecular complexity index is 390. The van der Waals surface area contributed by atoms with Crippen molar-refractivity contribution in [1.82, 2.24) is 19.4 Å². The number of aromatic amines is 1. The minimum atomic E-state index is -3.41. The SMILES string of the molecule is COCCNS(=O)(=O)NCCCc1ncc[nH]1. The van der Waals surface area contributed by atoms with Crippen molar-refractivity contribution in [3.63, 3.8) is 0 Å². The molecule has 0 aromatic carbocycles. The fraction of sp³-hybridized carbons (Fsp3) is 0.667. The number of hydrogen-bond donors (Lipinski definition) is 3. The van der Waals surface area contributed by atoms with Crippen LogP contribution in [0.25, 0.3) is 0 Å². The monoisotopic (exact) mass is 262 g/mol. The normalized spacial score (nSPS) is 11.8. The van der Waals surface area contributed by atoms with Crippen LogP contribution in [0.4, 0.5) is 0 Å². The second kappa shape index (κ2) is 7.38. The summed E-state index contributed by atoms with van der Waals surface area (Å²) in [5.74, 6) is 0.858. The lowest BCUT2D eigenvalue weighted by molar-refractivity contribution is 0.204. The van der Waals surface area contributed by atoms with Gasteiger partial charge >= 0.3 is 0 Å². The molecule has 0 spiro atoms. The molecule has 1 rings (SSSR count). The van der Waals surface area contributed by atoms with E-state index in [-0.39, 0.29) is 6.54 Å². The van der Waals surface area contributed by atoms with Crippen LogP contribution in [-0.2, 0) is 21.4 Å². The molecule has 98 valence electrons. The molecule has 0 aliphatic carbocycles. The van der Waals surface area contributed by atoms with Crippen LogP contribution >= 0.6 is 0 Å². The number of aryl methyl sites for hydroxylation is 1. The van der Waals surface area contributed by atoms with Gasteiger partial charge in [0, 0.05) is 39.0 Å². The van der Waals surface area contributed by atoms with Crippen molar-refractivity contribution in [3.8, 4) is 0 Å². The Morgan fingerprint density at radius 1 is 1.41 bits per heavy atom. The molecule has 1 heterocycles. The quantitative estimate of drug-likeness (QED) is 0.518. The highest BCUT2D eigenvalue weighted by atomic mass is 32.2. The first-order valence-corrected chi connectivity index (χ1v) is 6.84. The summed E-state index contributed by atoms with van der Waals surface area (Å²) in [6, 6.07) is 0. The summed E-state index contributed by atoms with van der Waals surface area (Å²) in [5.41, 5.74) is 0. The van der Waals surface area contributed by atoms with Crippen molar-refractivity contribution in [2.24, 2.45) is 0 Å². The highest BCUT2D eigenvalue weighted by Crippen LogP contribution is 1.93. The summed E-state index contributed by atoms with van der Waals surface area (Å²) in [6.45, 7) is 1.00. The van der Waals surface area contributed by atoms with Gasteiger partial charge in [-0.05, 0) is 6.42 Å². The van der Waals surface area contributed by atoms with E-state index in [4.69, 9.17) is 4.74 Å². The average Bonchev–Trinajstić information content (AvgIpc) is 2.77. The number of hydrogen-bond acceptors (Lipinski definition) is 4. The molecule has 1 aromatic rings. The van der Waals surface area contributed by atoms with E-state index in [2.05, 4.69) is 19.4 Å². The van der Waals surface area contributed by atoms with Crippen molar-refractivity contribution in [1.29, 1.82) is 0 Å². The van der Waals surface area contributed by atoms with Crippen LogP contribution in [0.3, 0.4) is 0 Å². The van der Waals surface area contributed by atoms with Crippen molar-refractivity contribution in [2.45, 2.75) is 12.8 Å². The third-order valence-corrected chi connectivity index (χ3v) is 3.20. The Balaban J connectivity index is 2.12. The lowest BCUT2D eigenvalue weighted by Gasteiger charge is -2.07. The maximum atomic E-state index is 11.4. The van der Waals surface area contributed by atoms with Crippen LogP contribution in [0.2, 0.25) is 0 Å². The van der Waals surface area contributed by atoms with E-state index in [0.717, 1.165) is 5.82 Å². The molecule has 8 heteroatoms.